The van der Waals surface area contributed by atoms with Crippen molar-refractivity contribution >= 4 is 5.97 Å². The van der Waals surface area contributed by atoms with E-state index in [1.807, 2.05) is 0 Å². The van der Waals surface area contributed by atoms with Crippen LogP contribution in [0.3, 0.4) is 0 Å². The molecule has 2 rings (SSSR count). The molecule has 2 unspecified atom stereocenters. The minimum absolute atomic E-state index is 0.139. The van der Waals surface area contributed by atoms with E-state index >= 15 is 0 Å². The quantitative estimate of drug-likeness (QED) is 0.794. The number of rotatable bonds is 4. The van der Waals surface area contributed by atoms with Gasteiger partial charge < -0.3 is 9.84 Å². The van der Waals surface area contributed by atoms with Gasteiger partial charge in [-0.05, 0) is 26.3 Å². The van der Waals surface area contributed by atoms with Gasteiger partial charge in [-0.2, -0.15) is 0 Å². The second-order valence-corrected chi connectivity index (χ2v) is 5.40. The van der Waals surface area contributed by atoms with E-state index in [4.69, 9.17) is 9.84 Å². The fraction of sp³-hybridized carbons (Fsp3) is 0.923. The zero-order chi connectivity index (χ0) is 13.0. The Morgan fingerprint density at radius 1 is 1.28 bits per heavy atom. The smallest absolute Gasteiger partial charge is 0.306 e. The van der Waals surface area contributed by atoms with Crippen LogP contribution < -0.4 is 0 Å². The third-order valence-corrected chi connectivity index (χ3v) is 4.17. The van der Waals surface area contributed by atoms with Gasteiger partial charge in [0, 0.05) is 32.2 Å². The highest BCUT2D eigenvalue weighted by atomic mass is 16.5. The first-order valence-electron chi connectivity index (χ1n) is 6.94. The van der Waals surface area contributed by atoms with Crippen molar-refractivity contribution < 1.29 is 14.6 Å². The molecule has 0 radical (unpaired) electrons. The van der Waals surface area contributed by atoms with E-state index < -0.39 is 5.97 Å². The molecular formula is C13H24N2O3. The number of morpholine rings is 1. The maximum absolute atomic E-state index is 11.0. The van der Waals surface area contributed by atoms with E-state index in [2.05, 4.69) is 16.7 Å². The van der Waals surface area contributed by atoms with Crippen molar-refractivity contribution in [1.82, 2.24) is 9.80 Å². The Balaban J connectivity index is 1.71. The molecule has 0 amide bonds. The highest BCUT2D eigenvalue weighted by molar-refractivity contribution is 5.70. The van der Waals surface area contributed by atoms with Crippen molar-refractivity contribution in [2.45, 2.75) is 25.8 Å². The summed E-state index contributed by atoms with van der Waals surface area (Å²) < 4.78 is 5.33. The number of nitrogens with zero attached hydrogens (tertiary/aromatic N) is 2. The van der Waals surface area contributed by atoms with E-state index in [1.165, 1.54) is 0 Å². The lowest BCUT2D eigenvalue weighted by Gasteiger charge is -2.38. The molecule has 5 nitrogen and oxygen atoms in total. The molecule has 0 spiro atoms. The maximum Gasteiger partial charge on any atom is 0.306 e. The second-order valence-electron chi connectivity index (χ2n) is 5.40. The van der Waals surface area contributed by atoms with Crippen LogP contribution in [0.25, 0.3) is 0 Å². The third kappa shape index (κ3) is 3.67. The molecule has 2 fully saturated rings. The summed E-state index contributed by atoms with van der Waals surface area (Å²) in [6.07, 6.45) is 1.58. The Labute approximate surface area is 109 Å². The lowest BCUT2D eigenvalue weighted by molar-refractivity contribution is -0.144. The topological polar surface area (TPSA) is 53.0 Å². The number of carbonyl (C=O) groups is 1. The summed E-state index contributed by atoms with van der Waals surface area (Å²) in [5, 5.41) is 9.04. The van der Waals surface area contributed by atoms with Crippen molar-refractivity contribution in [3.8, 4) is 0 Å². The number of hydrogen-bond donors (Lipinski definition) is 1. The molecule has 104 valence electrons. The monoisotopic (exact) mass is 256 g/mol. The highest BCUT2D eigenvalue weighted by Crippen LogP contribution is 2.22. The second kappa shape index (κ2) is 6.50. The summed E-state index contributed by atoms with van der Waals surface area (Å²) in [6.45, 7) is 8.93. The summed E-state index contributed by atoms with van der Waals surface area (Å²) in [7, 11) is 0. The van der Waals surface area contributed by atoms with Gasteiger partial charge in [-0.1, -0.05) is 0 Å². The number of hydrogen-bond acceptors (Lipinski definition) is 4. The maximum atomic E-state index is 11.0. The molecule has 0 aromatic carbocycles. The molecule has 0 aliphatic carbocycles. The molecule has 5 heteroatoms. The highest BCUT2D eigenvalue weighted by Gasteiger charge is 2.29. The molecule has 2 atom stereocenters. The van der Waals surface area contributed by atoms with Gasteiger partial charge in [0.2, 0.25) is 0 Å². The average Bonchev–Trinajstić information content (AvgIpc) is 2.38. The van der Waals surface area contributed by atoms with Crippen LogP contribution in [0.2, 0.25) is 0 Å². The van der Waals surface area contributed by atoms with E-state index in [-0.39, 0.29) is 5.92 Å². The van der Waals surface area contributed by atoms with Crippen LogP contribution in [0.15, 0.2) is 0 Å². The first-order valence-corrected chi connectivity index (χ1v) is 6.94. The standard InChI is InChI=1S/C13H24N2O3/c1-11-10-12(13(16)17)2-3-15(11)5-4-14-6-8-18-9-7-14/h11-12H,2-10H2,1H3,(H,16,17). The molecule has 0 aromatic heterocycles. The SMILES string of the molecule is CC1CC(C(=O)O)CCN1CCN1CCOCC1. The minimum atomic E-state index is -0.630. The van der Waals surface area contributed by atoms with Crippen LogP contribution in [0.4, 0.5) is 0 Å². The molecule has 2 saturated heterocycles. The van der Waals surface area contributed by atoms with E-state index in [0.29, 0.717) is 6.04 Å². The first kappa shape index (κ1) is 13.8. The predicted molar refractivity (Wildman–Crippen MR) is 68.7 cm³/mol. The van der Waals surface area contributed by atoms with Crippen molar-refractivity contribution in [3.63, 3.8) is 0 Å². The average molecular weight is 256 g/mol. The number of piperidine rings is 1. The first-order chi connectivity index (χ1) is 8.66. The van der Waals surface area contributed by atoms with Crippen LogP contribution in [-0.4, -0.2) is 72.9 Å². The lowest BCUT2D eigenvalue weighted by Crippen LogP contribution is -2.47. The molecule has 18 heavy (non-hydrogen) atoms. The van der Waals surface area contributed by atoms with Crippen LogP contribution in [0.1, 0.15) is 19.8 Å². The van der Waals surface area contributed by atoms with Crippen molar-refractivity contribution in [2.75, 3.05) is 45.9 Å². The summed E-state index contributed by atoms with van der Waals surface area (Å²) >= 11 is 0. The largest absolute Gasteiger partial charge is 0.481 e. The molecule has 2 aliphatic heterocycles. The van der Waals surface area contributed by atoms with Gasteiger partial charge in [0.05, 0.1) is 19.1 Å². The fourth-order valence-corrected chi connectivity index (χ4v) is 2.87. The van der Waals surface area contributed by atoms with Crippen LogP contribution in [0.5, 0.6) is 0 Å². The Morgan fingerprint density at radius 3 is 2.61 bits per heavy atom. The molecule has 1 N–H and O–H groups in total. The number of aliphatic carboxylic acids is 1. The van der Waals surface area contributed by atoms with Crippen LogP contribution >= 0.6 is 0 Å². The zero-order valence-electron chi connectivity index (χ0n) is 11.2. The van der Waals surface area contributed by atoms with Crippen molar-refractivity contribution in [2.24, 2.45) is 5.92 Å². The van der Waals surface area contributed by atoms with Crippen LogP contribution in [0, 0.1) is 5.92 Å². The number of carboxylic acids is 1. The van der Waals surface area contributed by atoms with E-state index in [0.717, 1.165) is 58.8 Å². The Bertz CT molecular complexity index is 279. The van der Waals surface area contributed by atoms with Gasteiger partial charge in [0.1, 0.15) is 0 Å². The normalized spacial score (nSPS) is 31.4. The Kier molecular flexibility index (Phi) is 4.97. The molecule has 0 saturated carbocycles. The van der Waals surface area contributed by atoms with Crippen molar-refractivity contribution in [3.05, 3.63) is 0 Å². The van der Waals surface area contributed by atoms with Crippen LogP contribution in [-0.2, 0) is 9.53 Å². The molecule has 0 aromatic rings. The van der Waals surface area contributed by atoms with Gasteiger partial charge in [0.15, 0.2) is 0 Å². The van der Waals surface area contributed by atoms with Gasteiger partial charge >= 0.3 is 5.97 Å². The number of ether oxygens (including phenoxy) is 1. The van der Waals surface area contributed by atoms with E-state index in [9.17, 15) is 4.79 Å². The lowest BCUT2D eigenvalue weighted by atomic mass is 9.92. The van der Waals surface area contributed by atoms with Gasteiger partial charge in [-0.25, -0.2) is 0 Å². The summed E-state index contributed by atoms with van der Waals surface area (Å²) in [5.41, 5.74) is 0. The van der Waals surface area contributed by atoms with E-state index in [1.54, 1.807) is 0 Å². The number of likely N-dealkylation sites (tertiary alicyclic amines) is 1. The third-order valence-electron chi connectivity index (χ3n) is 4.17. The fourth-order valence-electron chi connectivity index (χ4n) is 2.87. The molecule has 2 aliphatic rings. The zero-order valence-corrected chi connectivity index (χ0v) is 11.2. The summed E-state index contributed by atoms with van der Waals surface area (Å²) in [6, 6.07) is 0.390. The van der Waals surface area contributed by atoms with Crippen molar-refractivity contribution in [1.29, 1.82) is 0 Å². The molecular weight excluding hydrogens is 232 g/mol. The predicted octanol–water partition coefficient (Wildman–Crippen LogP) is 0.504. The Morgan fingerprint density at radius 2 is 2.00 bits per heavy atom. The molecule has 2 heterocycles. The van der Waals surface area contributed by atoms with Gasteiger partial charge in [0.25, 0.3) is 0 Å². The molecule has 0 bridgehead atoms. The van der Waals surface area contributed by atoms with Gasteiger partial charge in [-0.15, -0.1) is 0 Å². The minimum Gasteiger partial charge on any atom is -0.481 e. The summed E-state index contributed by atoms with van der Waals surface area (Å²) in [4.78, 5) is 15.8. The number of carboxylic acid groups (broad SMARTS) is 1. The summed E-state index contributed by atoms with van der Waals surface area (Å²) in [5.74, 6) is -0.769. The Hall–Kier alpha value is -0.650. The van der Waals surface area contributed by atoms with Gasteiger partial charge in [-0.3, -0.25) is 14.6 Å².